The van der Waals surface area contributed by atoms with Crippen LogP contribution >= 0.6 is 0 Å². The molecule has 0 spiro atoms. The van der Waals surface area contributed by atoms with E-state index in [1.807, 2.05) is 6.20 Å². The molecule has 0 atom stereocenters. The molecule has 0 radical (unpaired) electrons. The lowest BCUT2D eigenvalue weighted by Gasteiger charge is -2.43. The van der Waals surface area contributed by atoms with Crippen LogP contribution in [0, 0.1) is 41.5 Å². The molecule has 4 aliphatic heterocycles. The van der Waals surface area contributed by atoms with E-state index in [0.717, 1.165) is 5.69 Å². The number of aromatic nitrogens is 3. The van der Waals surface area contributed by atoms with E-state index in [9.17, 15) is 0 Å². The van der Waals surface area contributed by atoms with Crippen LogP contribution in [0.3, 0.4) is 0 Å². The van der Waals surface area contributed by atoms with Gasteiger partial charge in [-0.3, -0.25) is 4.98 Å². The second kappa shape index (κ2) is 10.7. The van der Waals surface area contributed by atoms with Crippen molar-refractivity contribution in [1.29, 1.82) is 0 Å². The van der Waals surface area contributed by atoms with Crippen LogP contribution in [0.2, 0.25) is 0 Å². The van der Waals surface area contributed by atoms with Gasteiger partial charge in [0.1, 0.15) is 0 Å². The van der Waals surface area contributed by atoms with Crippen molar-refractivity contribution in [2.45, 2.75) is 41.5 Å². The normalized spacial score (nSPS) is 13.8. The summed E-state index contributed by atoms with van der Waals surface area (Å²) in [7, 11) is 0. The standard InChI is InChI=1S/C53H38B3N3/c1-27-11-9-13-33(25-27)54-35-20-16-29(3)40-42-31(5)18-22-37-50(42)58(48(35)40)52-45(54)44(39-15-7-8-24-57-39)46-53-47(52)56(37)38-23-19-32(6)43-41-30(4)17-21-36(49(41)59(53)51(38)43)55(46)34-14-10-12-28(2)26-34/h7-26H,1-6H3. The van der Waals surface area contributed by atoms with Crippen LogP contribution < -0.4 is 49.2 Å². The van der Waals surface area contributed by atoms with Gasteiger partial charge in [-0.15, -0.1) is 0 Å². The van der Waals surface area contributed by atoms with Crippen LogP contribution in [0.4, 0.5) is 0 Å². The monoisotopic (exact) mass is 749 g/mol. The summed E-state index contributed by atoms with van der Waals surface area (Å²) in [5.74, 6) is 0. The zero-order chi connectivity index (χ0) is 39.3. The Morgan fingerprint density at radius 1 is 0.407 bits per heavy atom. The van der Waals surface area contributed by atoms with Crippen molar-refractivity contribution in [3.63, 3.8) is 0 Å². The van der Waals surface area contributed by atoms with E-state index >= 15 is 0 Å². The minimum Gasteiger partial charge on any atom is -0.311 e. The SMILES string of the molecule is Cc1cccc(B2c3c(-c4ccccn4)c4c5c6c3-n3c7c2ccc(C)c7c2c(C)ccc(c23)B6c2ccc(C)c3c6c(C)ccc(c6n-5c23)B4c2cccc(C)c2)c1. The number of hydrogen-bond donors (Lipinski definition) is 0. The minimum absolute atomic E-state index is 0.00689. The first-order valence-electron chi connectivity index (χ1n) is 21.2. The molecule has 14 rings (SSSR count). The lowest BCUT2D eigenvalue weighted by Crippen LogP contribution is -2.70. The second-order valence-electron chi connectivity index (χ2n) is 18.1. The van der Waals surface area contributed by atoms with Crippen molar-refractivity contribution in [3.05, 3.63) is 155 Å². The van der Waals surface area contributed by atoms with Crippen molar-refractivity contribution in [3.8, 4) is 22.6 Å². The average molecular weight is 749 g/mol. The van der Waals surface area contributed by atoms with Crippen LogP contribution in [-0.2, 0) is 0 Å². The lowest BCUT2D eigenvalue weighted by atomic mass is 9.26. The van der Waals surface area contributed by atoms with E-state index in [1.54, 1.807) is 0 Å². The maximum Gasteiger partial charge on any atom is 0.252 e. The van der Waals surface area contributed by atoms with Gasteiger partial charge in [-0.25, -0.2) is 0 Å². The number of aryl methyl sites for hydroxylation is 6. The first-order valence-corrected chi connectivity index (χ1v) is 21.2. The van der Waals surface area contributed by atoms with E-state index in [4.69, 9.17) is 4.98 Å². The predicted molar refractivity (Wildman–Crippen MR) is 254 cm³/mol. The molecular weight excluding hydrogens is 711 g/mol. The van der Waals surface area contributed by atoms with Gasteiger partial charge in [-0.1, -0.05) is 125 Å². The molecule has 7 aromatic carbocycles. The van der Waals surface area contributed by atoms with Gasteiger partial charge in [0, 0.05) is 61.2 Å². The zero-order valence-electron chi connectivity index (χ0n) is 34.1. The molecular formula is C53H38B3N3. The van der Waals surface area contributed by atoms with Gasteiger partial charge in [-0.2, -0.15) is 0 Å². The van der Waals surface area contributed by atoms with Crippen LogP contribution in [-0.4, -0.2) is 34.3 Å². The zero-order valence-corrected chi connectivity index (χ0v) is 34.1. The van der Waals surface area contributed by atoms with Crippen LogP contribution in [0.5, 0.6) is 0 Å². The van der Waals surface area contributed by atoms with Crippen molar-refractivity contribution >= 4 is 113 Å². The highest BCUT2D eigenvalue weighted by Crippen LogP contribution is 2.44. The molecule has 4 aliphatic rings. The molecule has 274 valence electrons. The van der Waals surface area contributed by atoms with Gasteiger partial charge >= 0.3 is 0 Å². The van der Waals surface area contributed by atoms with Crippen LogP contribution in [0.1, 0.15) is 33.4 Å². The van der Waals surface area contributed by atoms with Gasteiger partial charge in [0.05, 0.1) is 5.69 Å². The van der Waals surface area contributed by atoms with Crippen molar-refractivity contribution in [2.75, 3.05) is 0 Å². The Morgan fingerprint density at radius 2 is 0.831 bits per heavy atom. The van der Waals surface area contributed by atoms with E-state index in [-0.39, 0.29) is 20.1 Å². The summed E-state index contributed by atoms with van der Waals surface area (Å²) in [6, 6.07) is 44.7. The molecule has 0 unspecified atom stereocenters. The quantitative estimate of drug-likeness (QED) is 0.216. The second-order valence-corrected chi connectivity index (χ2v) is 18.1. The Labute approximate surface area is 344 Å². The Balaban J connectivity index is 1.34. The maximum atomic E-state index is 5.36. The average Bonchev–Trinajstić information content (AvgIpc) is 3.81. The number of fused-ring (bicyclic) bond motifs is 4. The molecule has 0 bridgehead atoms. The van der Waals surface area contributed by atoms with E-state index in [0.29, 0.717) is 0 Å². The Morgan fingerprint density at radius 3 is 1.22 bits per heavy atom. The topological polar surface area (TPSA) is 22.8 Å². The third kappa shape index (κ3) is 3.66. The smallest absolute Gasteiger partial charge is 0.252 e. The fourth-order valence-electron chi connectivity index (χ4n) is 12.7. The molecule has 0 N–H and O–H groups in total. The molecule has 3 aromatic heterocycles. The van der Waals surface area contributed by atoms with Crippen LogP contribution in [0.15, 0.2) is 121 Å². The van der Waals surface area contributed by atoms with E-state index in [2.05, 4.69) is 166 Å². The van der Waals surface area contributed by atoms with Gasteiger partial charge in [0.25, 0.3) is 6.71 Å². The maximum absolute atomic E-state index is 5.36. The summed E-state index contributed by atoms with van der Waals surface area (Å²) < 4.78 is 5.50. The van der Waals surface area contributed by atoms with Gasteiger partial charge in [-0.05, 0) is 120 Å². The highest BCUT2D eigenvalue weighted by atomic mass is 15.1. The van der Waals surface area contributed by atoms with Crippen molar-refractivity contribution in [1.82, 2.24) is 14.1 Å². The Kier molecular flexibility index (Phi) is 5.91. The number of rotatable bonds is 3. The molecule has 0 fully saturated rings. The molecule has 3 nitrogen and oxygen atoms in total. The van der Waals surface area contributed by atoms with Gasteiger partial charge < -0.3 is 9.13 Å². The van der Waals surface area contributed by atoms with Gasteiger partial charge in [0.15, 0.2) is 0 Å². The lowest BCUT2D eigenvalue weighted by molar-refractivity contribution is 1.15. The third-order valence-corrected chi connectivity index (χ3v) is 14.9. The molecule has 10 aromatic rings. The molecule has 0 saturated heterocycles. The van der Waals surface area contributed by atoms with Crippen LogP contribution in [0.25, 0.3) is 66.2 Å². The number of hydrogen-bond acceptors (Lipinski definition) is 1. The summed E-state index contributed by atoms with van der Waals surface area (Å²) in [5.41, 5.74) is 31.0. The summed E-state index contributed by atoms with van der Waals surface area (Å²) >= 11 is 0. The molecule has 59 heavy (non-hydrogen) atoms. The molecule has 0 saturated carbocycles. The fraction of sp³-hybridized carbons (Fsp3) is 0.113. The van der Waals surface area contributed by atoms with E-state index < -0.39 is 0 Å². The Bertz CT molecular complexity index is 3430. The molecule has 7 heterocycles. The first kappa shape index (κ1) is 32.4. The summed E-state index contributed by atoms with van der Waals surface area (Å²) in [6.07, 6.45) is 2.00. The third-order valence-electron chi connectivity index (χ3n) is 14.9. The first-order chi connectivity index (χ1) is 28.8. The van der Waals surface area contributed by atoms with E-state index in [1.165, 1.54) is 143 Å². The summed E-state index contributed by atoms with van der Waals surface area (Å²) in [6.45, 7) is 13.8. The summed E-state index contributed by atoms with van der Waals surface area (Å²) in [4.78, 5) is 5.36. The fourth-order valence-corrected chi connectivity index (χ4v) is 12.7. The number of benzene rings is 7. The largest absolute Gasteiger partial charge is 0.311 e. The van der Waals surface area contributed by atoms with Crippen molar-refractivity contribution in [2.24, 2.45) is 0 Å². The van der Waals surface area contributed by atoms with Gasteiger partial charge in [0.2, 0.25) is 13.4 Å². The Hall–Kier alpha value is -6.52. The highest BCUT2D eigenvalue weighted by molar-refractivity contribution is 7.07. The number of nitrogens with zero attached hydrogens (tertiary/aromatic N) is 3. The molecule has 0 aliphatic carbocycles. The summed E-state index contributed by atoms with van der Waals surface area (Å²) in [5, 5.41) is 5.61. The highest BCUT2D eigenvalue weighted by Gasteiger charge is 2.51. The molecule has 0 amide bonds. The molecule has 6 heteroatoms. The van der Waals surface area contributed by atoms with Crippen molar-refractivity contribution < 1.29 is 0 Å². The minimum atomic E-state index is -0.00689. The predicted octanol–water partition coefficient (Wildman–Crippen LogP) is 5.60. The number of pyridine rings is 1.